The quantitative estimate of drug-likeness (QED) is 0.403. The average molecular weight is 374 g/mol. The lowest BCUT2D eigenvalue weighted by Crippen LogP contribution is -2.30. The Balaban J connectivity index is 1.87. The molecule has 0 nitrogen and oxygen atoms in total. The molecule has 0 bridgehead atoms. The third kappa shape index (κ3) is 7.59. The second-order valence-electron chi connectivity index (χ2n) is 8.77. The molecule has 6 atom stereocenters. The van der Waals surface area contributed by atoms with Crippen molar-refractivity contribution >= 4 is 25.7 Å². The third-order valence-electron chi connectivity index (χ3n) is 5.54. The van der Waals surface area contributed by atoms with Gasteiger partial charge in [-0.2, -0.15) is 0 Å². The van der Waals surface area contributed by atoms with Crippen molar-refractivity contribution in [1.29, 1.82) is 0 Å². The van der Waals surface area contributed by atoms with Crippen LogP contribution in [-0.2, 0) is 0 Å². The van der Waals surface area contributed by atoms with Crippen LogP contribution in [0.25, 0.3) is 0 Å². The highest BCUT2D eigenvalue weighted by Gasteiger charge is 2.32. The minimum absolute atomic E-state index is 0.911. The van der Waals surface area contributed by atoms with E-state index in [-0.39, 0.29) is 0 Å². The normalized spacial score (nSPS) is 34.2. The average Bonchev–Trinajstić information content (AvgIpc) is 2.53. The molecule has 0 aliphatic heterocycles. The van der Waals surface area contributed by atoms with E-state index in [1.807, 2.05) is 0 Å². The minimum atomic E-state index is 0.911. The molecule has 2 saturated carbocycles. The zero-order valence-electron chi connectivity index (χ0n) is 16.0. The molecule has 0 amide bonds. The molecule has 3 heteroatoms. The fourth-order valence-corrected chi connectivity index (χ4v) is 10.8. The molecule has 0 saturated heterocycles. The Morgan fingerprint density at radius 3 is 1.30 bits per heavy atom. The Morgan fingerprint density at radius 2 is 0.957 bits per heavy atom. The van der Waals surface area contributed by atoms with Crippen molar-refractivity contribution in [3.05, 3.63) is 0 Å². The standard InChI is InChI=1S/C20H41P3/c1-15(2)13-21-17-9-5-7-11-19(17)23-20-12-8-6-10-18(20)22-14-16(3)4/h15-23H,5-14H2,1-4H3. The van der Waals surface area contributed by atoms with Crippen molar-refractivity contribution < 1.29 is 0 Å². The summed E-state index contributed by atoms with van der Waals surface area (Å²) in [5, 5.41) is 0. The molecule has 2 fully saturated rings. The highest BCUT2D eigenvalue weighted by atomic mass is 31.1. The maximum Gasteiger partial charge on any atom is -0.0169 e. The molecule has 0 aromatic heterocycles. The lowest BCUT2D eigenvalue weighted by molar-refractivity contribution is 0.498. The van der Waals surface area contributed by atoms with Crippen LogP contribution >= 0.6 is 25.7 Å². The van der Waals surface area contributed by atoms with Gasteiger partial charge in [0.2, 0.25) is 0 Å². The summed E-state index contributed by atoms with van der Waals surface area (Å²) < 4.78 is 0. The van der Waals surface area contributed by atoms with Gasteiger partial charge in [-0.3, -0.25) is 0 Å². The van der Waals surface area contributed by atoms with E-state index in [0.717, 1.165) is 34.5 Å². The molecule has 0 radical (unpaired) electrons. The highest BCUT2D eigenvalue weighted by molar-refractivity contribution is 7.46. The SMILES string of the molecule is CC(C)CPC1CCCCC1PC1CCCCC1PCC(C)C. The van der Waals surface area contributed by atoms with E-state index in [0.29, 0.717) is 0 Å². The fraction of sp³-hybridized carbons (Fsp3) is 1.00. The van der Waals surface area contributed by atoms with Gasteiger partial charge in [-0.1, -0.05) is 53.4 Å². The van der Waals surface area contributed by atoms with Crippen LogP contribution in [0.3, 0.4) is 0 Å². The van der Waals surface area contributed by atoms with Gasteiger partial charge in [-0.25, -0.2) is 0 Å². The van der Waals surface area contributed by atoms with Crippen LogP contribution in [0.4, 0.5) is 0 Å². The van der Waals surface area contributed by atoms with Crippen LogP contribution in [0, 0.1) is 11.8 Å². The summed E-state index contributed by atoms with van der Waals surface area (Å²) in [4.78, 5) is 0. The van der Waals surface area contributed by atoms with Gasteiger partial charge in [-0.05, 0) is 72.5 Å². The van der Waals surface area contributed by atoms with Crippen LogP contribution in [0.15, 0.2) is 0 Å². The summed E-state index contributed by atoms with van der Waals surface area (Å²) in [6, 6.07) is 0. The van der Waals surface area contributed by atoms with Crippen LogP contribution in [0.5, 0.6) is 0 Å². The van der Waals surface area contributed by atoms with Crippen molar-refractivity contribution in [3.8, 4) is 0 Å². The van der Waals surface area contributed by atoms with E-state index in [1.54, 1.807) is 25.7 Å². The first-order valence-corrected chi connectivity index (χ1v) is 14.0. The first-order chi connectivity index (χ1) is 11.1. The van der Waals surface area contributed by atoms with Gasteiger partial charge in [0, 0.05) is 0 Å². The molecule has 0 N–H and O–H groups in total. The van der Waals surface area contributed by atoms with Crippen LogP contribution in [0.2, 0.25) is 0 Å². The Hall–Kier alpha value is 1.29. The molecular formula is C20H41P3. The van der Waals surface area contributed by atoms with Crippen molar-refractivity contribution in [1.82, 2.24) is 0 Å². The summed E-state index contributed by atoms with van der Waals surface area (Å²) in [6.45, 7) is 9.66. The monoisotopic (exact) mass is 374 g/mol. The minimum Gasteiger partial charge on any atom is -0.118 e. The molecule has 0 aromatic carbocycles. The van der Waals surface area contributed by atoms with Crippen molar-refractivity contribution in [3.63, 3.8) is 0 Å². The molecular weight excluding hydrogens is 333 g/mol. The van der Waals surface area contributed by atoms with E-state index in [2.05, 4.69) is 27.7 Å². The maximum absolute atomic E-state index is 2.41. The largest absolute Gasteiger partial charge is 0.118 e. The highest BCUT2D eigenvalue weighted by Crippen LogP contribution is 2.50. The number of hydrogen-bond acceptors (Lipinski definition) is 0. The van der Waals surface area contributed by atoms with Gasteiger partial charge in [-0.15, -0.1) is 25.7 Å². The Labute approximate surface area is 151 Å². The second kappa shape index (κ2) is 11.1. The zero-order valence-corrected chi connectivity index (χ0v) is 19.0. The van der Waals surface area contributed by atoms with Crippen molar-refractivity contribution in [2.24, 2.45) is 11.8 Å². The predicted molar refractivity (Wildman–Crippen MR) is 116 cm³/mol. The van der Waals surface area contributed by atoms with Crippen molar-refractivity contribution in [2.45, 2.75) is 102 Å². The lowest BCUT2D eigenvalue weighted by atomic mass is 9.99. The first-order valence-electron chi connectivity index (χ1n) is 10.3. The van der Waals surface area contributed by atoms with Gasteiger partial charge < -0.3 is 0 Å². The molecule has 23 heavy (non-hydrogen) atoms. The van der Waals surface area contributed by atoms with E-state index < -0.39 is 0 Å². The fourth-order valence-electron chi connectivity index (χ4n) is 4.20. The van der Waals surface area contributed by atoms with Gasteiger partial charge in [0.1, 0.15) is 0 Å². The number of hydrogen-bond donors (Lipinski definition) is 0. The Bertz CT molecular complexity index is 286. The van der Waals surface area contributed by atoms with Crippen LogP contribution < -0.4 is 0 Å². The first kappa shape index (κ1) is 20.6. The third-order valence-corrected chi connectivity index (χ3v) is 13.0. The van der Waals surface area contributed by atoms with Crippen molar-refractivity contribution in [2.75, 3.05) is 12.3 Å². The molecule has 6 unspecified atom stereocenters. The van der Waals surface area contributed by atoms with E-state index in [1.165, 1.54) is 63.7 Å². The summed E-state index contributed by atoms with van der Waals surface area (Å²) in [6.07, 6.45) is 15.4. The van der Waals surface area contributed by atoms with Gasteiger partial charge >= 0.3 is 0 Å². The maximum atomic E-state index is 2.41. The summed E-state index contributed by atoms with van der Waals surface area (Å²) in [5.74, 6) is 1.82. The van der Waals surface area contributed by atoms with Crippen LogP contribution in [-0.4, -0.2) is 35.0 Å². The molecule has 2 aliphatic rings. The lowest BCUT2D eigenvalue weighted by Gasteiger charge is -2.39. The molecule has 136 valence electrons. The van der Waals surface area contributed by atoms with Gasteiger partial charge in [0.15, 0.2) is 0 Å². The smallest absolute Gasteiger partial charge is 0.0169 e. The van der Waals surface area contributed by atoms with Gasteiger partial charge in [0.25, 0.3) is 0 Å². The topological polar surface area (TPSA) is 0 Å². The summed E-state index contributed by atoms with van der Waals surface area (Å²) in [5.41, 5.74) is 4.46. The summed E-state index contributed by atoms with van der Waals surface area (Å²) >= 11 is 0. The van der Waals surface area contributed by atoms with E-state index >= 15 is 0 Å². The van der Waals surface area contributed by atoms with E-state index in [4.69, 9.17) is 0 Å². The Kier molecular flexibility index (Phi) is 9.94. The molecule has 0 spiro atoms. The molecule has 2 rings (SSSR count). The Morgan fingerprint density at radius 1 is 0.609 bits per heavy atom. The number of rotatable bonds is 8. The molecule has 2 aliphatic carbocycles. The summed E-state index contributed by atoms with van der Waals surface area (Å²) in [7, 11) is 3.83. The van der Waals surface area contributed by atoms with E-state index in [9.17, 15) is 0 Å². The molecule has 0 aromatic rings. The molecule has 0 heterocycles. The van der Waals surface area contributed by atoms with Gasteiger partial charge in [0.05, 0.1) is 0 Å². The van der Waals surface area contributed by atoms with Crippen LogP contribution in [0.1, 0.15) is 79.1 Å². The zero-order chi connectivity index (χ0) is 16.7. The predicted octanol–water partition coefficient (Wildman–Crippen LogP) is 6.96. The second-order valence-corrected chi connectivity index (χ2v) is 13.7.